The van der Waals surface area contributed by atoms with Crippen molar-refractivity contribution < 1.29 is 9.84 Å². The van der Waals surface area contributed by atoms with Crippen LogP contribution in [0.4, 0.5) is 0 Å². The van der Waals surface area contributed by atoms with E-state index in [1.165, 1.54) is 0 Å². The molecule has 0 bridgehead atoms. The molecule has 1 atom stereocenters. The van der Waals surface area contributed by atoms with Gasteiger partial charge in [-0.1, -0.05) is 24.6 Å². The van der Waals surface area contributed by atoms with Crippen LogP contribution in [0, 0.1) is 0 Å². The van der Waals surface area contributed by atoms with Crippen LogP contribution in [-0.4, -0.2) is 11.7 Å². The molecule has 1 N–H and O–H groups in total. The molecule has 0 heterocycles. The van der Waals surface area contributed by atoms with E-state index in [0.717, 1.165) is 12.0 Å². The second kappa shape index (κ2) is 5.23. The molecule has 2 nitrogen and oxygen atoms in total. The molecule has 0 amide bonds. The fourth-order valence-electron chi connectivity index (χ4n) is 1.11. The van der Waals surface area contributed by atoms with Crippen molar-refractivity contribution in [3.8, 4) is 5.75 Å². The van der Waals surface area contributed by atoms with Gasteiger partial charge in [-0.2, -0.15) is 0 Å². The molecule has 0 aromatic heterocycles. The number of halogens is 1. The van der Waals surface area contributed by atoms with Crippen molar-refractivity contribution in [2.24, 2.45) is 0 Å². The number of ether oxygens (including phenoxy) is 1. The smallest absolute Gasteiger partial charge is 0.137 e. The van der Waals surface area contributed by atoms with Crippen LogP contribution in [0.1, 0.15) is 31.9 Å². The molecule has 0 fully saturated rings. The highest BCUT2D eigenvalue weighted by molar-refractivity contribution is 6.32. The van der Waals surface area contributed by atoms with E-state index in [0.29, 0.717) is 17.4 Å². The first kappa shape index (κ1) is 11.3. The first-order chi connectivity index (χ1) is 6.65. The first-order valence-electron chi connectivity index (χ1n) is 4.75. The quantitative estimate of drug-likeness (QED) is 0.834. The van der Waals surface area contributed by atoms with E-state index < -0.39 is 6.10 Å². The fourth-order valence-corrected chi connectivity index (χ4v) is 1.35. The van der Waals surface area contributed by atoms with Gasteiger partial charge < -0.3 is 9.84 Å². The molecule has 78 valence electrons. The molecule has 0 aliphatic carbocycles. The van der Waals surface area contributed by atoms with Crippen molar-refractivity contribution in [1.82, 2.24) is 0 Å². The molecule has 1 rings (SSSR count). The predicted molar refractivity (Wildman–Crippen MR) is 57.9 cm³/mol. The maximum atomic E-state index is 9.32. The lowest BCUT2D eigenvalue weighted by atomic mass is 10.1. The highest BCUT2D eigenvalue weighted by Gasteiger charge is 2.05. The van der Waals surface area contributed by atoms with E-state index in [1.807, 2.05) is 13.0 Å². The minimum absolute atomic E-state index is 0.493. The summed E-state index contributed by atoms with van der Waals surface area (Å²) in [4.78, 5) is 0. The molecular formula is C11H15ClO2. The molecule has 14 heavy (non-hydrogen) atoms. The summed E-state index contributed by atoms with van der Waals surface area (Å²) in [5, 5.41) is 9.87. The number of hydrogen-bond acceptors (Lipinski definition) is 2. The molecule has 0 unspecified atom stereocenters. The summed E-state index contributed by atoms with van der Waals surface area (Å²) >= 11 is 5.97. The average Bonchev–Trinajstić information content (AvgIpc) is 2.15. The van der Waals surface area contributed by atoms with E-state index in [2.05, 4.69) is 0 Å². The molecule has 1 aromatic carbocycles. The summed E-state index contributed by atoms with van der Waals surface area (Å²) in [6.07, 6.45) is 0.460. The van der Waals surface area contributed by atoms with E-state index in [9.17, 15) is 5.11 Å². The van der Waals surface area contributed by atoms with Crippen LogP contribution in [0.2, 0.25) is 5.02 Å². The largest absolute Gasteiger partial charge is 0.492 e. The van der Waals surface area contributed by atoms with Gasteiger partial charge in [0.2, 0.25) is 0 Å². The Hall–Kier alpha value is -0.730. The summed E-state index contributed by atoms with van der Waals surface area (Å²) in [7, 11) is 0. The lowest BCUT2D eigenvalue weighted by molar-refractivity contribution is 0.199. The molecule has 1 aromatic rings. The number of aliphatic hydroxyl groups excluding tert-OH is 1. The van der Waals surface area contributed by atoms with Crippen LogP contribution < -0.4 is 4.74 Å². The van der Waals surface area contributed by atoms with E-state index in [-0.39, 0.29) is 0 Å². The Morgan fingerprint density at radius 2 is 2.21 bits per heavy atom. The zero-order valence-corrected chi connectivity index (χ0v) is 9.21. The second-order valence-electron chi connectivity index (χ2n) is 3.21. The lowest BCUT2D eigenvalue weighted by Crippen LogP contribution is -1.97. The lowest BCUT2D eigenvalue weighted by Gasteiger charge is -2.09. The number of aliphatic hydroxyl groups is 1. The minimum Gasteiger partial charge on any atom is -0.492 e. The summed E-state index contributed by atoms with van der Waals surface area (Å²) in [5.74, 6) is 0.679. The van der Waals surface area contributed by atoms with Crippen LogP contribution in [-0.2, 0) is 0 Å². The van der Waals surface area contributed by atoms with Crippen molar-refractivity contribution in [2.75, 3.05) is 6.61 Å². The Kier molecular flexibility index (Phi) is 4.23. The second-order valence-corrected chi connectivity index (χ2v) is 3.62. The Morgan fingerprint density at radius 1 is 1.50 bits per heavy atom. The van der Waals surface area contributed by atoms with E-state index in [4.69, 9.17) is 16.3 Å². The van der Waals surface area contributed by atoms with Crippen molar-refractivity contribution in [3.05, 3.63) is 28.8 Å². The molecular weight excluding hydrogens is 200 g/mol. The fraction of sp³-hybridized carbons (Fsp3) is 0.455. The number of hydrogen-bond donors (Lipinski definition) is 1. The SMILES string of the molecule is CCCOc1ccc([C@@H](C)O)cc1Cl. The van der Waals surface area contributed by atoms with Crippen LogP contribution in [0.15, 0.2) is 18.2 Å². The molecule has 0 saturated carbocycles. The van der Waals surface area contributed by atoms with Gasteiger partial charge in [0.15, 0.2) is 0 Å². The predicted octanol–water partition coefficient (Wildman–Crippen LogP) is 3.18. The number of benzene rings is 1. The standard InChI is InChI=1S/C11H15ClO2/c1-3-6-14-11-5-4-9(8(2)13)7-10(11)12/h4-5,7-8,13H,3,6H2,1-2H3/t8-/m1/s1. The van der Waals surface area contributed by atoms with Gasteiger partial charge in [0.25, 0.3) is 0 Å². The Balaban J connectivity index is 2.79. The summed E-state index contributed by atoms with van der Waals surface area (Å²) in [5.41, 5.74) is 0.804. The van der Waals surface area contributed by atoms with Gasteiger partial charge in [0.05, 0.1) is 17.7 Å². The van der Waals surface area contributed by atoms with Crippen molar-refractivity contribution in [1.29, 1.82) is 0 Å². The number of rotatable bonds is 4. The van der Waals surface area contributed by atoms with Gasteiger partial charge in [-0.05, 0) is 31.0 Å². The molecule has 0 aliphatic rings. The highest BCUT2D eigenvalue weighted by atomic mass is 35.5. The van der Waals surface area contributed by atoms with Crippen molar-refractivity contribution >= 4 is 11.6 Å². The van der Waals surface area contributed by atoms with Gasteiger partial charge in [0, 0.05) is 0 Å². The molecule has 0 saturated heterocycles. The third kappa shape index (κ3) is 2.89. The Bertz CT molecular complexity index is 297. The Labute approximate surface area is 89.5 Å². The Morgan fingerprint density at radius 3 is 2.71 bits per heavy atom. The zero-order valence-electron chi connectivity index (χ0n) is 8.46. The van der Waals surface area contributed by atoms with Crippen LogP contribution in [0.25, 0.3) is 0 Å². The molecule has 3 heteroatoms. The minimum atomic E-state index is -0.493. The molecule has 0 spiro atoms. The summed E-state index contributed by atoms with van der Waals surface area (Å²) in [6.45, 7) is 4.41. The van der Waals surface area contributed by atoms with Crippen LogP contribution in [0.5, 0.6) is 5.75 Å². The highest BCUT2D eigenvalue weighted by Crippen LogP contribution is 2.27. The third-order valence-corrected chi connectivity index (χ3v) is 2.20. The average molecular weight is 215 g/mol. The van der Waals surface area contributed by atoms with Crippen molar-refractivity contribution in [3.63, 3.8) is 0 Å². The zero-order chi connectivity index (χ0) is 10.6. The summed E-state index contributed by atoms with van der Waals surface area (Å²) < 4.78 is 5.41. The van der Waals surface area contributed by atoms with Crippen LogP contribution >= 0.6 is 11.6 Å². The third-order valence-electron chi connectivity index (χ3n) is 1.90. The van der Waals surface area contributed by atoms with Gasteiger partial charge in [-0.15, -0.1) is 0 Å². The van der Waals surface area contributed by atoms with Gasteiger partial charge in [0.1, 0.15) is 5.75 Å². The maximum Gasteiger partial charge on any atom is 0.137 e. The van der Waals surface area contributed by atoms with E-state index in [1.54, 1.807) is 19.1 Å². The van der Waals surface area contributed by atoms with Crippen molar-refractivity contribution in [2.45, 2.75) is 26.4 Å². The topological polar surface area (TPSA) is 29.5 Å². The maximum absolute atomic E-state index is 9.32. The monoisotopic (exact) mass is 214 g/mol. The molecule has 0 aliphatic heterocycles. The molecule has 0 radical (unpaired) electrons. The van der Waals surface area contributed by atoms with E-state index >= 15 is 0 Å². The van der Waals surface area contributed by atoms with Gasteiger partial charge >= 0.3 is 0 Å². The van der Waals surface area contributed by atoms with Crippen LogP contribution in [0.3, 0.4) is 0 Å². The normalized spacial score (nSPS) is 12.6. The van der Waals surface area contributed by atoms with Gasteiger partial charge in [-0.3, -0.25) is 0 Å². The first-order valence-corrected chi connectivity index (χ1v) is 5.13. The summed E-state index contributed by atoms with van der Waals surface area (Å²) in [6, 6.07) is 5.35. The van der Waals surface area contributed by atoms with Gasteiger partial charge in [-0.25, -0.2) is 0 Å².